The summed E-state index contributed by atoms with van der Waals surface area (Å²) in [6, 6.07) is 12.8. The summed E-state index contributed by atoms with van der Waals surface area (Å²) in [5.41, 5.74) is 1.42. The fourth-order valence-corrected chi connectivity index (χ4v) is 3.42. The molecule has 2 aromatic rings. The summed E-state index contributed by atoms with van der Waals surface area (Å²) in [7, 11) is 0. The zero-order chi connectivity index (χ0) is 15.7. The molecule has 0 atom stereocenters. The summed E-state index contributed by atoms with van der Waals surface area (Å²) in [5, 5.41) is 0.635. The largest absolute Gasteiger partial charge is 0.270 e. The van der Waals surface area contributed by atoms with Crippen molar-refractivity contribution in [3.05, 3.63) is 69.8 Å². The van der Waals surface area contributed by atoms with E-state index in [1.807, 2.05) is 12.1 Å². The van der Waals surface area contributed by atoms with Crippen molar-refractivity contribution in [3.8, 4) is 0 Å². The predicted molar refractivity (Wildman–Crippen MR) is 93.5 cm³/mol. The monoisotopic (exact) mass is 349 g/mol. The number of anilines is 1. The third-order valence-corrected chi connectivity index (χ3v) is 4.60. The minimum Gasteiger partial charge on any atom is -0.268 e. The smallest absolute Gasteiger partial charge is 0.268 e. The Kier molecular flexibility index (Phi) is 4.29. The molecule has 1 saturated heterocycles. The number of amides is 1. The van der Waals surface area contributed by atoms with Crippen molar-refractivity contribution in [1.82, 2.24) is 0 Å². The summed E-state index contributed by atoms with van der Waals surface area (Å²) < 4.78 is 13.4. The summed E-state index contributed by atoms with van der Waals surface area (Å²) in [6.45, 7) is 0. The molecule has 1 aliphatic heterocycles. The molecule has 1 amide bonds. The van der Waals surface area contributed by atoms with E-state index in [-0.39, 0.29) is 11.7 Å². The van der Waals surface area contributed by atoms with Crippen molar-refractivity contribution < 1.29 is 9.18 Å². The van der Waals surface area contributed by atoms with Crippen molar-refractivity contribution >= 4 is 57.6 Å². The molecule has 0 unspecified atom stereocenters. The quantitative estimate of drug-likeness (QED) is 0.569. The highest BCUT2D eigenvalue weighted by Gasteiger charge is 2.33. The lowest BCUT2D eigenvalue weighted by Crippen LogP contribution is -2.27. The lowest BCUT2D eigenvalue weighted by atomic mass is 10.2. The van der Waals surface area contributed by atoms with Crippen molar-refractivity contribution in [3.63, 3.8) is 0 Å². The van der Waals surface area contributed by atoms with Crippen molar-refractivity contribution in [2.24, 2.45) is 0 Å². The molecule has 1 fully saturated rings. The molecule has 1 aliphatic rings. The van der Waals surface area contributed by atoms with Crippen LogP contribution >= 0.6 is 35.6 Å². The van der Waals surface area contributed by atoms with E-state index in [9.17, 15) is 9.18 Å². The molecule has 2 aromatic carbocycles. The van der Waals surface area contributed by atoms with E-state index in [2.05, 4.69) is 0 Å². The lowest BCUT2D eigenvalue weighted by molar-refractivity contribution is -0.113. The predicted octanol–water partition coefficient (Wildman–Crippen LogP) is 4.88. The molecular weight excluding hydrogens is 341 g/mol. The number of hydrogen-bond donors (Lipinski definition) is 0. The van der Waals surface area contributed by atoms with Crippen LogP contribution in [0.1, 0.15) is 5.56 Å². The molecule has 0 N–H and O–H groups in total. The first-order valence-corrected chi connectivity index (χ1v) is 7.94. The number of thioether (sulfide) groups is 1. The number of benzene rings is 2. The van der Waals surface area contributed by atoms with Gasteiger partial charge in [0.05, 0.1) is 10.6 Å². The van der Waals surface area contributed by atoms with Crippen LogP contribution in [0.4, 0.5) is 10.1 Å². The number of carbonyl (C=O) groups excluding carboxylic acids is 1. The van der Waals surface area contributed by atoms with Crippen LogP contribution in [-0.4, -0.2) is 10.2 Å². The van der Waals surface area contributed by atoms with Crippen LogP contribution in [0.5, 0.6) is 0 Å². The second kappa shape index (κ2) is 6.20. The van der Waals surface area contributed by atoms with Gasteiger partial charge in [0, 0.05) is 5.02 Å². The van der Waals surface area contributed by atoms with Crippen molar-refractivity contribution in [2.45, 2.75) is 0 Å². The molecule has 0 radical (unpaired) electrons. The van der Waals surface area contributed by atoms with Gasteiger partial charge >= 0.3 is 0 Å². The molecule has 110 valence electrons. The first kappa shape index (κ1) is 15.2. The Hall–Kier alpha value is -1.69. The number of rotatable bonds is 2. The first-order chi connectivity index (χ1) is 10.5. The van der Waals surface area contributed by atoms with Crippen LogP contribution in [0.25, 0.3) is 6.08 Å². The average Bonchev–Trinajstić information content (AvgIpc) is 2.77. The van der Waals surface area contributed by atoms with Crippen molar-refractivity contribution in [1.29, 1.82) is 0 Å². The third-order valence-electron chi connectivity index (χ3n) is 3.05. The first-order valence-electron chi connectivity index (χ1n) is 6.34. The Bertz CT molecular complexity index is 772. The highest BCUT2D eigenvalue weighted by Crippen LogP contribution is 2.36. The van der Waals surface area contributed by atoms with Crippen LogP contribution < -0.4 is 4.90 Å². The van der Waals surface area contributed by atoms with Gasteiger partial charge in [-0.05, 0) is 48.0 Å². The molecule has 3 rings (SSSR count). The molecular formula is C16H9ClFNOS2. The minimum atomic E-state index is -0.356. The molecule has 1 heterocycles. The Labute approximate surface area is 141 Å². The topological polar surface area (TPSA) is 20.3 Å². The molecule has 0 spiro atoms. The Morgan fingerprint density at radius 2 is 1.73 bits per heavy atom. The van der Waals surface area contributed by atoms with E-state index >= 15 is 0 Å². The number of thiocarbonyl (C=S) groups is 1. The van der Waals surface area contributed by atoms with Crippen LogP contribution in [-0.2, 0) is 4.79 Å². The van der Waals surface area contributed by atoms with E-state index in [4.69, 9.17) is 23.8 Å². The summed E-state index contributed by atoms with van der Waals surface area (Å²) >= 11 is 12.3. The molecule has 22 heavy (non-hydrogen) atoms. The summed E-state index contributed by atoms with van der Waals surface area (Å²) in [6.07, 6.45) is 1.76. The number of carbonyl (C=O) groups is 1. The van der Waals surface area contributed by atoms with Crippen LogP contribution in [0, 0.1) is 5.82 Å². The van der Waals surface area contributed by atoms with Gasteiger partial charge in [-0.3, -0.25) is 9.69 Å². The highest BCUT2D eigenvalue weighted by molar-refractivity contribution is 8.27. The van der Waals surface area contributed by atoms with Gasteiger partial charge in [0.25, 0.3) is 5.91 Å². The second-order valence-corrected chi connectivity index (χ2v) is 6.66. The molecule has 0 aromatic heterocycles. The van der Waals surface area contributed by atoms with Crippen molar-refractivity contribution in [2.75, 3.05) is 4.90 Å². The second-order valence-electron chi connectivity index (χ2n) is 4.55. The number of nitrogens with zero attached hydrogens (tertiary/aromatic N) is 1. The van der Waals surface area contributed by atoms with Crippen LogP contribution in [0.2, 0.25) is 5.02 Å². The Morgan fingerprint density at radius 3 is 2.36 bits per heavy atom. The molecule has 0 bridgehead atoms. The summed E-state index contributed by atoms with van der Waals surface area (Å²) in [4.78, 5) is 14.4. The van der Waals surface area contributed by atoms with E-state index in [0.29, 0.717) is 19.9 Å². The fraction of sp³-hybridized carbons (Fsp3) is 0. The Balaban J connectivity index is 1.91. The van der Waals surface area contributed by atoms with Gasteiger partial charge in [0.2, 0.25) is 0 Å². The third kappa shape index (κ3) is 3.06. The zero-order valence-electron chi connectivity index (χ0n) is 11.1. The normalized spacial score (nSPS) is 16.6. The molecule has 0 saturated carbocycles. The highest BCUT2D eigenvalue weighted by atomic mass is 35.5. The minimum absolute atomic E-state index is 0.212. The Morgan fingerprint density at radius 1 is 1.09 bits per heavy atom. The van der Waals surface area contributed by atoms with Gasteiger partial charge in [0.15, 0.2) is 4.32 Å². The van der Waals surface area contributed by atoms with E-state index in [1.54, 1.807) is 18.2 Å². The van der Waals surface area contributed by atoms with E-state index in [0.717, 1.165) is 5.56 Å². The van der Waals surface area contributed by atoms with Gasteiger partial charge in [-0.15, -0.1) is 0 Å². The fourth-order valence-electron chi connectivity index (χ4n) is 1.99. The summed E-state index contributed by atoms with van der Waals surface area (Å²) in [5.74, 6) is -0.567. The zero-order valence-corrected chi connectivity index (χ0v) is 13.5. The maximum atomic E-state index is 13.0. The number of halogens is 2. The van der Waals surface area contributed by atoms with Crippen LogP contribution in [0.3, 0.4) is 0 Å². The van der Waals surface area contributed by atoms with E-state index in [1.165, 1.54) is 40.9 Å². The maximum absolute atomic E-state index is 13.0. The molecule has 0 aliphatic carbocycles. The van der Waals surface area contributed by atoms with E-state index < -0.39 is 0 Å². The van der Waals surface area contributed by atoms with Gasteiger partial charge in [-0.1, -0.05) is 47.7 Å². The van der Waals surface area contributed by atoms with Gasteiger partial charge in [0.1, 0.15) is 5.82 Å². The van der Waals surface area contributed by atoms with Gasteiger partial charge < -0.3 is 0 Å². The van der Waals surface area contributed by atoms with Gasteiger partial charge in [-0.2, -0.15) is 0 Å². The van der Waals surface area contributed by atoms with Gasteiger partial charge in [-0.25, -0.2) is 4.39 Å². The average molecular weight is 350 g/mol. The molecule has 2 nitrogen and oxygen atoms in total. The SMILES string of the molecule is O=C1/C(=C\c2ccc(Cl)cc2)SC(=S)N1c1ccc(F)cc1. The maximum Gasteiger partial charge on any atom is 0.270 e. The number of hydrogen-bond acceptors (Lipinski definition) is 3. The van der Waals surface area contributed by atoms with Crippen LogP contribution in [0.15, 0.2) is 53.4 Å². The molecule has 6 heteroatoms. The standard InChI is InChI=1S/C16H9ClFNOS2/c17-11-3-1-10(2-4-11)9-14-15(20)19(16(21)22-14)13-7-5-12(18)6-8-13/h1-9H/b14-9+. The lowest BCUT2D eigenvalue weighted by Gasteiger charge is -2.14.